The quantitative estimate of drug-likeness (QED) is 0.712. The molecule has 0 aromatic heterocycles. The van der Waals surface area contributed by atoms with Gasteiger partial charge in [-0.05, 0) is 43.0 Å². The highest BCUT2D eigenvalue weighted by Gasteiger charge is 2.28. The number of primary amides is 1. The number of rotatable bonds is 6. The van der Waals surface area contributed by atoms with Crippen molar-refractivity contribution in [2.75, 3.05) is 6.54 Å². The molecule has 1 aromatic rings. The van der Waals surface area contributed by atoms with Gasteiger partial charge < -0.3 is 11.5 Å². The molecular formula is C14H21N3O3S. The Balaban J connectivity index is 2.14. The van der Waals surface area contributed by atoms with E-state index in [0.717, 1.165) is 25.7 Å². The second-order valence-electron chi connectivity index (χ2n) is 5.40. The molecule has 1 amide bonds. The fourth-order valence-corrected chi connectivity index (χ4v) is 4.08. The van der Waals surface area contributed by atoms with Crippen LogP contribution in [0.1, 0.15) is 36.0 Å². The highest BCUT2D eigenvalue weighted by molar-refractivity contribution is 7.89. The van der Waals surface area contributed by atoms with Gasteiger partial charge in [-0.3, -0.25) is 4.79 Å². The van der Waals surface area contributed by atoms with Gasteiger partial charge in [0.15, 0.2) is 0 Å². The molecule has 6 nitrogen and oxygen atoms in total. The lowest BCUT2D eigenvalue weighted by molar-refractivity contribution is 0.1000. The third-order valence-corrected chi connectivity index (χ3v) is 5.48. The van der Waals surface area contributed by atoms with Crippen molar-refractivity contribution in [1.29, 1.82) is 0 Å². The number of carbonyl (C=O) groups is 1. The van der Waals surface area contributed by atoms with Crippen molar-refractivity contribution in [2.24, 2.45) is 17.4 Å². The molecular weight excluding hydrogens is 290 g/mol. The molecule has 116 valence electrons. The molecule has 0 saturated heterocycles. The first kappa shape index (κ1) is 15.9. The minimum atomic E-state index is -3.63. The molecule has 0 radical (unpaired) electrons. The molecule has 1 aliphatic carbocycles. The van der Waals surface area contributed by atoms with E-state index in [1.54, 1.807) is 0 Å². The molecule has 1 aliphatic rings. The summed E-state index contributed by atoms with van der Waals surface area (Å²) in [4.78, 5) is 11.1. The Hall–Kier alpha value is -1.44. The van der Waals surface area contributed by atoms with Crippen LogP contribution in [0.2, 0.25) is 0 Å². The summed E-state index contributed by atoms with van der Waals surface area (Å²) in [5.41, 5.74) is 11.1. The molecule has 2 rings (SSSR count). The third kappa shape index (κ3) is 3.81. The molecule has 0 bridgehead atoms. The van der Waals surface area contributed by atoms with E-state index in [1.807, 2.05) is 0 Å². The minimum absolute atomic E-state index is 0.115. The van der Waals surface area contributed by atoms with Gasteiger partial charge in [0, 0.05) is 18.2 Å². The average Bonchev–Trinajstić information content (AvgIpc) is 2.99. The largest absolute Gasteiger partial charge is 0.366 e. The van der Waals surface area contributed by atoms with Crippen LogP contribution in [0, 0.1) is 5.92 Å². The van der Waals surface area contributed by atoms with E-state index in [0.29, 0.717) is 5.92 Å². The van der Waals surface area contributed by atoms with Gasteiger partial charge in [0.05, 0.1) is 4.90 Å². The van der Waals surface area contributed by atoms with Gasteiger partial charge in [-0.25, -0.2) is 13.1 Å². The highest BCUT2D eigenvalue weighted by Crippen LogP contribution is 2.28. The number of hydrogen-bond acceptors (Lipinski definition) is 4. The molecule has 0 heterocycles. The Labute approximate surface area is 124 Å². The summed E-state index contributed by atoms with van der Waals surface area (Å²) in [7, 11) is -3.63. The number of amides is 1. The molecule has 0 spiro atoms. The zero-order valence-corrected chi connectivity index (χ0v) is 12.6. The summed E-state index contributed by atoms with van der Waals surface area (Å²) in [5, 5.41) is 0. The molecule has 1 atom stereocenters. The molecule has 5 N–H and O–H groups in total. The van der Waals surface area contributed by atoms with Crippen molar-refractivity contribution in [1.82, 2.24) is 4.72 Å². The lowest BCUT2D eigenvalue weighted by atomic mass is 9.99. The fraction of sp³-hybridized carbons (Fsp3) is 0.500. The van der Waals surface area contributed by atoms with Crippen LogP contribution >= 0.6 is 0 Å². The Kier molecular flexibility index (Phi) is 4.97. The van der Waals surface area contributed by atoms with Crippen molar-refractivity contribution >= 4 is 15.9 Å². The molecule has 1 saturated carbocycles. The third-order valence-electron chi connectivity index (χ3n) is 3.98. The zero-order chi connectivity index (χ0) is 15.5. The smallest absolute Gasteiger partial charge is 0.248 e. The number of sulfonamides is 1. The van der Waals surface area contributed by atoms with E-state index in [2.05, 4.69) is 4.72 Å². The highest BCUT2D eigenvalue weighted by atomic mass is 32.2. The monoisotopic (exact) mass is 311 g/mol. The van der Waals surface area contributed by atoms with E-state index in [9.17, 15) is 13.2 Å². The average molecular weight is 311 g/mol. The van der Waals surface area contributed by atoms with Crippen LogP contribution in [0.25, 0.3) is 0 Å². The van der Waals surface area contributed by atoms with Crippen molar-refractivity contribution in [3.63, 3.8) is 0 Å². The van der Waals surface area contributed by atoms with Crippen molar-refractivity contribution < 1.29 is 13.2 Å². The fourth-order valence-electron chi connectivity index (χ4n) is 2.76. The van der Waals surface area contributed by atoms with Crippen LogP contribution in [0.5, 0.6) is 0 Å². The topological polar surface area (TPSA) is 115 Å². The summed E-state index contributed by atoms with van der Waals surface area (Å²) in [6, 6.07) is 5.33. The lowest BCUT2D eigenvalue weighted by Crippen LogP contribution is -2.44. The van der Waals surface area contributed by atoms with Gasteiger partial charge in [-0.1, -0.05) is 12.8 Å². The Bertz CT molecular complexity index is 592. The summed E-state index contributed by atoms with van der Waals surface area (Å²) in [6.45, 7) is 0.281. The van der Waals surface area contributed by atoms with Gasteiger partial charge >= 0.3 is 0 Å². The summed E-state index contributed by atoms with van der Waals surface area (Å²) in [6.07, 6.45) is 4.25. The Morgan fingerprint density at radius 2 is 1.81 bits per heavy atom. The number of hydrogen-bond donors (Lipinski definition) is 3. The molecule has 21 heavy (non-hydrogen) atoms. The maximum absolute atomic E-state index is 12.4. The standard InChI is InChI=1S/C14H21N3O3S/c15-9-13(10-3-1-2-4-10)17-21(19,20)12-7-5-11(6-8-12)14(16)18/h5-8,10,13,17H,1-4,9,15H2,(H2,16,18). The van der Waals surface area contributed by atoms with E-state index in [1.165, 1.54) is 24.3 Å². The van der Waals surface area contributed by atoms with Crippen LogP contribution < -0.4 is 16.2 Å². The van der Waals surface area contributed by atoms with E-state index in [4.69, 9.17) is 11.5 Å². The van der Waals surface area contributed by atoms with Gasteiger partial charge in [0.1, 0.15) is 0 Å². The van der Waals surface area contributed by atoms with Crippen LogP contribution in [0.4, 0.5) is 0 Å². The minimum Gasteiger partial charge on any atom is -0.366 e. The van der Waals surface area contributed by atoms with Crippen molar-refractivity contribution in [3.8, 4) is 0 Å². The molecule has 0 aliphatic heterocycles. The normalized spacial score (nSPS) is 17.8. The van der Waals surface area contributed by atoms with Crippen molar-refractivity contribution in [2.45, 2.75) is 36.6 Å². The van der Waals surface area contributed by atoms with Crippen LogP contribution in [-0.2, 0) is 10.0 Å². The van der Waals surface area contributed by atoms with Gasteiger partial charge in [-0.15, -0.1) is 0 Å². The summed E-state index contributed by atoms with van der Waals surface area (Å²) < 4.78 is 27.4. The number of nitrogens with two attached hydrogens (primary N) is 2. The molecule has 1 fully saturated rings. The first-order valence-corrected chi connectivity index (χ1v) is 8.54. The summed E-state index contributed by atoms with van der Waals surface area (Å²) >= 11 is 0. The SMILES string of the molecule is NCC(NS(=O)(=O)c1ccc(C(N)=O)cc1)C1CCCC1. The van der Waals surface area contributed by atoms with Gasteiger partial charge in [0.25, 0.3) is 0 Å². The Morgan fingerprint density at radius 3 is 2.29 bits per heavy atom. The molecule has 7 heteroatoms. The predicted molar refractivity (Wildman–Crippen MR) is 80.1 cm³/mol. The van der Waals surface area contributed by atoms with E-state index < -0.39 is 15.9 Å². The number of nitrogens with one attached hydrogen (secondary N) is 1. The molecule has 1 aromatic carbocycles. The lowest BCUT2D eigenvalue weighted by Gasteiger charge is -2.23. The second-order valence-corrected chi connectivity index (χ2v) is 7.11. The van der Waals surface area contributed by atoms with Crippen molar-refractivity contribution in [3.05, 3.63) is 29.8 Å². The first-order chi connectivity index (χ1) is 9.94. The van der Waals surface area contributed by atoms with E-state index >= 15 is 0 Å². The van der Waals surface area contributed by atoms with Gasteiger partial charge in [0.2, 0.25) is 15.9 Å². The molecule has 1 unspecified atom stereocenters. The maximum Gasteiger partial charge on any atom is 0.248 e. The summed E-state index contributed by atoms with van der Waals surface area (Å²) in [5.74, 6) is -0.285. The maximum atomic E-state index is 12.4. The van der Waals surface area contributed by atoms with Crippen LogP contribution in [-0.4, -0.2) is 26.9 Å². The number of benzene rings is 1. The Morgan fingerprint density at radius 1 is 1.24 bits per heavy atom. The van der Waals surface area contributed by atoms with Crippen LogP contribution in [0.3, 0.4) is 0 Å². The number of carbonyl (C=O) groups excluding carboxylic acids is 1. The predicted octanol–water partition coefficient (Wildman–Crippen LogP) is 0.581. The van der Waals surface area contributed by atoms with E-state index in [-0.39, 0.29) is 23.0 Å². The second kappa shape index (κ2) is 6.55. The van der Waals surface area contributed by atoms with Crippen LogP contribution in [0.15, 0.2) is 29.2 Å². The zero-order valence-electron chi connectivity index (χ0n) is 11.8. The first-order valence-electron chi connectivity index (χ1n) is 7.06. The van der Waals surface area contributed by atoms with Gasteiger partial charge in [-0.2, -0.15) is 0 Å².